The van der Waals surface area contributed by atoms with Crippen LogP contribution in [0.3, 0.4) is 0 Å². The molecular formula is C13H17NO2S. The standard InChI is InChI=1S/C13H17NO2S/c1-10-9-14(6-3-7-16-10)13(15)11-4-2-5-12(17)8-11/h2,4-5,8,10,17H,3,6-7,9H2,1H3. The molecule has 17 heavy (non-hydrogen) atoms. The summed E-state index contributed by atoms with van der Waals surface area (Å²) in [6.07, 6.45) is 1.01. The van der Waals surface area contributed by atoms with Crippen molar-refractivity contribution >= 4 is 18.5 Å². The zero-order valence-electron chi connectivity index (χ0n) is 9.93. The van der Waals surface area contributed by atoms with Gasteiger partial charge in [0.25, 0.3) is 5.91 Å². The highest BCUT2D eigenvalue weighted by molar-refractivity contribution is 7.80. The Hall–Kier alpha value is -1.00. The number of hydrogen-bond donors (Lipinski definition) is 1. The molecule has 3 nitrogen and oxygen atoms in total. The number of hydrogen-bond acceptors (Lipinski definition) is 3. The van der Waals surface area contributed by atoms with Crippen molar-refractivity contribution in [3.63, 3.8) is 0 Å². The van der Waals surface area contributed by atoms with Crippen LogP contribution in [0.15, 0.2) is 29.2 Å². The topological polar surface area (TPSA) is 29.5 Å². The zero-order valence-corrected chi connectivity index (χ0v) is 10.8. The van der Waals surface area contributed by atoms with E-state index in [1.165, 1.54) is 0 Å². The van der Waals surface area contributed by atoms with Crippen LogP contribution in [-0.2, 0) is 4.74 Å². The molecule has 1 aromatic carbocycles. The normalized spacial score (nSPS) is 21.1. The predicted octanol–water partition coefficient (Wildman–Crippen LogP) is 2.23. The van der Waals surface area contributed by atoms with E-state index in [1.54, 1.807) is 0 Å². The van der Waals surface area contributed by atoms with Gasteiger partial charge < -0.3 is 9.64 Å². The summed E-state index contributed by atoms with van der Waals surface area (Å²) in [5.41, 5.74) is 0.701. The molecule has 1 aromatic rings. The Morgan fingerprint density at radius 1 is 1.53 bits per heavy atom. The Bertz CT molecular complexity index is 408. The average Bonchev–Trinajstić information content (AvgIpc) is 2.53. The molecule has 1 atom stereocenters. The number of ether oxygens (including phenoxy) is 1. The molecule has 0 aliphatic carbocycles. The third kappa shape index (κ3) is 3.23. The maximum atomic E-state index is 12.3. The van der Waals surface area contributed by atoms with Crippen LogP contribution in [0.5, 0.6) is 0 Å². The van der Waals surface area contributed by atoms with Gasteiger partial charge in [-0.1, -0.05) is 6.07 Å². The molecule has 0 aromatic heterocycles. The lowest BCUT2D eigenvalue weighted by Gasteiger charge is -2.22. The van der Waals surface area contributed by atoms with Crippen molar-refractivity contribution in [2.75, 3.05) is 19.7 Å². The minimum Gasteiger partial charge on any atom is -0.377 e. The fourth-order valence-corrected chi connectivity index (χ4v) is 2.23. The summed E-state index contributed by atoms with van der Waals surface area (Å²) in [6, 6.07) is 7.36. The Kier molecular flexibility index (Phi) is 4.07. The van der Waals surface area contributed by atoms with E-state index in [4.69, 9.17) is 4.74 Å². The Labute approximate surface area is 107 Å². The van der Waals surface area contributed by atoms with Crippen LogP contribution in [0.25, 0.3) is 0 Å². The monoisotopic (exact) mass is 251 g/mol. The van der Waals surface area contributed by atoms with E-state index in [0.29, 0.717) is 12.1 Å². The number of benzene rings is 1. The van der Waals surface area contributed by atoms with Crippen LogP contribution >= 0.6 is 12.6 Å². The quantitative estimate of drug-likeness (QED) is 0.776. The maximum absolute atomic E-state index is 12.3. The highest BCUT2D eigenvalue weighted by Gasteiger charge is 2.20. The van der Waals surface area contributed by atoms with Crippen molar-refractivity contribution in [1.82, 2.24) is 4.90 Å². The molecule has 1 heterocycles. The van der Waals surface area contributed by atoms with Gasteiger partial charge in [0.2, 0.25) is 0 Å². The first kappa shape index (κ1) is 12.5. The van der Waals surface area contributed by atoms with Crippen molar-refractivity contribution in [1.29, 1.82) is 0 Å². The first-order valence-corrected chi connectivity index (χ1v) is 6.31. The molecule has 0 bridgehead atoms. The molecule has 1 aliphatic rings. The zero-order chi connectivity index (χ0) is 12.3. The summed E-state index contributed by atoms with van der Waals surface area (Å²) in [4.78, 5) is 15.0. The lowest BCUT2D eigenvalue weighted by Crippen LogP contribution is -2.35. The Morgan fingerprint density at radius 3 is 3.12 bits per heavy atom. The molecule has 1 saturated heterocycles. The average molecular weight is 251 g/mol. The molecule has 4 heteroatoms. The van der Waals surface area contributed by atoms with Crippen LogP contribution in [-0.4, -0.2) is 36.6 Å². The summed E-state index contributed by atoms with van der Waals surface area (Å²) in [5.74, 6) is 0.0678. The smallest absolute Gasteiger partial charge is 0.253 e. The summed E-state index contributed by atoms with van der Waals surface area (Å²) < 4.78 is 5.53. The van der Waals surface area contributed by atoms with Gasteiger partial charge in [0, 0.05) is 30.2 Å². The van der Waals surface area contributed by atoms with E-state index >= 15 is 0 Å². The third-order valence-corrected chi connectivity index (χ3v) is 3.11. The second kappa shape index (κ2) is 5.56. The predicted molar refractivity (Wildman–Crippen MR) is 69.6 cm³/mol. The first-order valence-electron chi connectivity index (χ1n) is 5.87. The van der Waals surface area contributed by atoms with E-state index in [2.05, 4.69) is 12.6 Å². The minimum atomic E-state index is 0.0678. The fraction of sp³-hybridized carbons (Fsp3) is 0.462. The SMILES string of the molecule is CC1CN(C(=O)c2cccc(S)c2)CCCO1. The number of thiol groups is 1. The second-order valence-corrected chi connectivity index (χ2v) is 4.85. The highest BCUT2D eigenvalue weighted by Crippen LogP contribution is 2.14. The number of amides is 1. The van der Waals surface area contributed by atoms with Crippen molar-refractivity contribution in [3.8, 4) is 0 Å². The van der Waals surface area contributed by atoms with Crippen LogP contribution in [0.1, 0.15) is 23.7 Å². The number of carbonyl (C=O) groups excluding carboxylic acids is 1. The lowest BCUT2D eigenvalue weighted by atomic mass is 10.2. The van der Waals surface area contributed by atoms with Gasteiger partial charge in [-0.2, -0.15) is 0 Å². The van der Waals surface area contributed by atoms with Crippen molar-refractivity contribution in [2.45, 2.75) is 24.3 Å². The maximum Gasteiger partial charge on any atom is 0.253 e. The van der Waals surface area contributed by atoms with E-state index in [-0.39, 0.29) is 12.0 Å². The first-order chi connectivity index (χ1) is 8.16. The Balaban J connectivity index is 2.13. The van der Waals surface area contributed by atoms with Gasteiger partial charge in [-0.25, -0.2) is 0 Å². The van der Waals surface area contributed by atoms with E-state index in [0.717, 1.165) is 24.5 Å². The van der Waals surface area contributed by atoms with E-state index in [9.17, 15) is 4.79 Å². The molecule has 0 saturated carbocycles. The summed E-state index contributed by atoms with van der Waals surface area (Å²) >= 11 is 4.26. The summed E-state index contributed by atoms with van der Waals surface area (Å²) in [5, 5.41) is 0. The number of carbonyl (C=O) groups is 1. The molecule has 2 rings (SSSR count). The van der Waals surface area contributed by atoms with E-state index in [1.807, 2.05) is 36.1 Å². The Morgan fingerprint density at radius 2 is 2.35 bits per heavy atom. The molecule has 1 amide bonds. The third-order valence-electron chi connectivity index (χ3n) is 2.83. The summed E-state index contributed by atoms with van der Waals surface area (Å²) in [6.45, 7) is 4.16. The number of nitrogens with zero attached hydrogens (tertiary/aromatic N) is 1. The van der Waals surface area contributed by atoms with Gasteiger partial charge in [-0.3, -0.25) is 4.79 Å². The van der Waals surface area contributed by atoms with Gasteiger partial charge >= 0.3 is 0 Å². The molecule has 92 valence electrons. The van der Waals surface area contributed by atoms with Crippen molar-refractivity contribution in [2.24, 2.45) is 0 Å². The summed E-state index contributed by atoms with van der Waals surface area (Å²) in [7, 11) is 0. The molecule has 1 fully saturated rings. The highest BCUT2D eigenvalue weighted by atomic mass is 32.1. The van der Waals surface area contributed by atoms with Crippen LogP contribution in [0.4, 0.5) is 0 Å². The fourth-order valence-electron chi connectivity index (χ4n) is 2.00. The largest absolute Gasteiger partial charge is 0.377 e. The van der Waals surface area contributed by atoms with Gasteiger partial charge in [0.1, 0.15) is 0 Å². The van der Waals surface area contributed by atoms with Crippen molar-refractivity contribution < 1.29 is 9.53 Å². The molecular weight excluding hydrogens is 234 g/mol. The van der Waals surface area contributed by atoms with Gasteiger partial charge in [-0.05, 0) is 31.5 Å². The van der Waals surface area contributed by atoms with Crippen molar-refractivity contribution in [3.05, 3.63) is 29.8 Å². The van der Waals surface area contributed by atoms with Crippen LogP contribution in [0, 0.1) is 0 Å². The second-order valence-electron chi connectivity index (χ2n) is 4.34. The van der Waals surface area contributed by atoms with Gasteiger partial charge in [0.15, 0.2) is 0 Å². The van der Waals surface area contributed by atoms with Crippen LogP contribution in [0.2, 0.25) is 0 Å². The molecule has 1 aliphatic heterocycles. The van der Waals surface area contributed by atoms with Crippen LogP contribution < -0.4 is 0 Å². The molecule has 0 radical (unpaired) electrons. The molecule has 1 unspecified atom stereocenters. The molecule has 0 N–H and O–H groups in total. The van der Waals surface area contributed by atoms with E-state index < -0.39 is 0 Å². The minimum absolute atomic E-state index is 0.0678. The molecule has 0 spiro atoms. The van der Waals surface area contributed by atoms with Gasteiger partial charge in [0.05, 0.1) is 6.10 Å². The number of rotatable bonds is 1. The van der Waals surface area contributed by atoms with Gasteiger partial charge in [-0.15, -0.1) is 12.6 Å². The lowest BCUT2D eigenvalue weighted by molar-refractivity contribution is 0.0562.